The molecule has 1 nitrogen and oxygen atoms in total. The maximum atomic E-state index is 5.83. The van der Waals surface area contributed by atoms with Gasteiger partial charge in [0.05, 0.1) is 0 Å². The first-order valence-corrected chi connectivity index (χ1v) is 6.08. The van der Waals surface area contributed by atoms with E-state index < -0.39 is 0 Å². The number of rotatable bonds is 5. The van der Waals surface area contributed by atoms with Gasteiger partial charge < -0.3 is 5.32 Å². The molecule has 0 aliphatic heterocycles. The van der Waals surface area contributed by atoms with Crippen LogP contribution in [0.4, 0.5) is 0 Å². The summed E-state index contributed by atoms with van der Waals surface area (Å²) in [7, 11) is 0. The van der Waals surface area contributed by atoms with Crippen molar-refractivity contribution in [3.05, 3.63) is 34.9 Å². The van der Waals surface area contributed by atoms with Crippen LogP contribution < -0.4 is 5.32 Å². The van der Waals surface area contributed by atoms with Gasteiger partial charge in [0, 0.05) is 11.6 Å². The SMILES string of the molecule is CC(CNCc1ccc(Cl)cc1)C1CC1. The molecule has 0 spiro atoms. The predicted molar refractivity (Wildman–Crippen MR) is 65.0 cm³/mol. The molecule has 1 aliphatic rings. The second kappa shape index (κ2) is 5.00. The van der Waals surface area contributed by atoms with Crippen molar-refractivity contribution in [3.63, 3.8) is 0 Å². The van der Waals surface area contributed by atoms with E-state index in [0.717, 1.165) is 29.9 Å². The number of hydrogen-bond acceptors (Lipinski definition) is 1. The van der Waals surface area contributed by atoms with Gasteiger partial charge in [-0.3, -0.25) is 0 Å². The normalized spacial score (nSPS) is 17.7. The first-order valence-electron chi connectivity index (χ1n) is 5.71. The highest BCUT2D eigenvalue weighted by Crippen LogP contribution is 2.36. The number of hydrogen-bond donors (Lipinski definition) is 1. The van der Waals surface area contributed by atoms with Crippen molar-refractivity contribution in [3.8, 4) is 0 Å². The lowest BCUT2D eigenvalue weighted by atomic mass is 10.1. The largest absolute Gasteiger partial charge is 0.312 e. The van der Waals surface area contributed by atoms with Gasteiger partial charge in [-0.2, -0.15) is 0 Å². The molecule has 0 radical (unpaired) electrons. The van der Waals surface area contributed by atoms with Crippen LogP contribution in [0.1, 0.15) is 25.3 Å². The third-order valence-corrected chi connectivity index (χ3v) is 3.39. The van der Waals surface area contributed by atoms with E-state index in [4.69, 9.17) is 11.6 Å². The fourth-order valence-corrected chi connectivity index (χ4v) is 2.00. The maximum Gasteiger partial charge on any atom is 0.0406 e. The summed E-state index contributed by atoms with van der Waals surface area (Å²) in [5.41, 5.74) is 1.31. The second-order valence-corrected chi connectivity index (χ2v) is 5.01. The summed E-state index contributed by atoms with van der Waals surface area (Å²) in [6.45, 7) is 4.42. The molecule has 0 amide bonds. The van der Waals surface area contributed by atoms with Crippen LogP contribution in [-0.4, -0.2) is 6.54 Å². The molecule has 1 fully saturated rings. The Hall–Kier alpha value is -0.530. The van der Waals surface area contributed by atoms with Crippen molar-refractivity contribution < 1.29 is 0 Å². The zero-order valence-corrected chi connectivity index (χ0v) is 9.93. The van der Waals surface area contributed by atoms with E-state index in [9.17, 15) is 0 Å². The summed E-state index contributed by atoms with van der Waals surface area (Å²) >= 11 is 5.83. The molecule has 1 unspecified atom stereocenters. The van der Waals surface area contributed by atoms with Crippen molar-refractivity contribution in [1.82, 2.24) is 5.32 Å². The average Bonchev–Trinajstić information content (AvgIpc) is 3.04. The fraction of sp³-hybridized carbons (Fsp3) is 0.538. The van der Waals surface area contributed by atoms with Crippen molar-refractivity contribution in [2.24, 2.45) is 11.8 Å². The van der Waals surface area contributed by atoms with Crippen LogP contribution in [0, 0.1) is 11.8 Å². The summed E-state index contributed by atoms with van der Waals surface area (Å²) in [4.78, 5) is 0. The van der Waals surface area contributed by atoms with Gasteiger partial charge in [0.2, 0.25) is 0 Å². The van der Waals surface area contributed by atoms with Gasteiger partial charge in [-0.05, 0) is 48.9 Å². The van der Waals surface area contributed by atoms with E-state index in [1.165, 1.54) is 18.4 Å². The molecule has 1 saturated carbocycles. The Balaban J connectivity index is 1.70. The van der Waals surface area contributed by atoms with E-state index in [0.29, 0.717) is 0 Å². The molecule has 0 saturated heterocycles. The molecule has 1 atom stereocenters. The number of nitrogens with one attached hydrogen (secondary N) is 1. The van der Waals surface area contributed by atoms with Crippen LogP contribution in [-0.2, 0) is 6.54 Å². The van der Waals surface area contributed by atoms with Gasteiger partial charge in [-0.25, -0.2) is 0 Å². The van der Waals surface area contributed by atoms with Crippen LogP contribution in [0.3, 0.4) is 0 Å². The highest BCUT2D eigenvalue weighted by Gasteiger charge is 2.27. The minimum atomic E-state index is 0.810. The average molecular weight is 224 g/mol. The van der Waals surface area contributed by atoms with Crippen molar-refractivity contribution in [2.45, 2.75) is 26.3 Å². The lowest BCUT2D eigenvalue weighted by Crippen LogP contribution is -2.21. The number of benzene rings is 1. The molecule has 0 aromatic heterocycles. The third-order valence-electron chi connectivity index (χ3n) is 3.14. The topological polar surface area (TPSA) is 12.0 Å². The van der Waals surface area contributed by atoms with Gasteiger partial charge in [-0.15, -0.1) is 0 Å². The maximum absolute atomic E-state index is 5.83. The standard InChI is InChI=1S/C13H18ClN/c1-10(12-4-5-12)8-15-9-11-2-6-13(14)7-3-11/h2-3,6-7,10,12,15H,4-5,8-9H2,1H3. The minimum Gasteiger partial charge on any atom is -0.312 e. The quantitative estimate of drug-likeness (QED) is 0.806. The molecular formula is C13H18ClN. The second-order valence-electron chi connectivity index (χ2n) is 4.57. The number of halogens is 1. The zero-order valence-electron chi connectivity index (χ0n) is 9.17. The van der Waals surface area contributed by atoms with Gasteiger partial charge in [0.1, 0.15) is 0 Å². The molecule has 1 aromatic carbocycles. The predicted octanol–water partition coefficient (Wildman–Crippen LogP) is 3.48. The zero-order chi connectivity index (χ0) is 10.7. The van der Waals surface area contributed by atoms with E-state index in [2.05, 4.69) is 24.4 Å². The molecule has 0 heterocycles. The summed E-state index contributed by atoms with van der Waals surface area (Å²) < 4.78 is 0. The van der Waals surface area contributed by atoms with E-state index in [1.54, 1.807) is 0 Å². The Kier molecular flexibility index (Phi) is 3.66. The summed E-state index contributed by atoms with van der Waals surface area (Å²) in [6, 6.07) is 8.06. The molecule has 1 N–H and O–H groups in total. The van der Waals surface area contributed by atoms with E-state index in [1.807, 2.05) is 12.1 Å². The van der Waals surface area contributed by atoms with Crippen molar-refractivity contribution >= 4 is 11.6 Å². The fourth-order valence-electron chi connectivity index (χ4n) is 1.88. The Labute approximate surface area is 96.8 Å². The third kappa shape index (κ3) is 3.51. The Morgan fingerprint density at radius 2 is 2.00 bits per heavy atom. The monoisotopic (exact) mass is 223 g/mol. The summed E-state index contributed by atoms with van der Waals surface area (Å²) in [5.74, 6) is 1.82. The molecular weight excluding hydrogens is 206 g/mol. The molecule has 1 aliphatic carbocycles. The van der Waals surface area contributed by atoms with Crippen molar-refractivity contribution in [1.29, 1.82) is 0 Å². The van der Waals surface area contributed by atoms with E-state index in [-0.39, 0.29) is 0 Å². The Bertz CT molecular complexity index is 303. The molecule has 2 rings (SSSR count). The van der Waals surface area contributed by atoms with Gasteiger partial charge in [-0.1, -0.05) is 30.7 Å². The first kappa shape index (κ1) is 11.0. The molecule has 82 valence electrons. The lowest BCUT2D eigenvalue weighted by Gasteiger charge is -2.11. The van der Waals surface area contributed by atoms with Crippen molar-refractivity contribution in [2.75, 3.05) is 6.54 Å². The molecule has 2 heteroatoms. The molecule has 1 aromatic rings. The summed E-state index contributed by atoms with van der Waals surface area (Å²) in [5, 5.41) is 4.31. The van der Waals surface area contributed by atoms with Gasteiger partial charge >= 0.3 is 0 Å². The van der Waals surface area contributed by atoms with Crippen LogP contribution in [0.2, 0.25) is 5.02 Å². The Morgan fingerprint density at radius 1 is 1.33 bits per heavy atom. The highest BCUT2D eigenvalue weighted by atomic mass is 35.5. The Morgan fingerprint density at radius 3 is 2.60 bits per heavy atom. The lowest BCUT2D eigenvalue weighted by molar-refractivity contribution is 0.461. The van der Waals surface area contributed by atoms with E-state index >= 15 is 0 Å². The minimum absolute atomic E-state index is 0.810. The molecule has 15 heavy (non-hydrogen) atoms. The van der Waals surface area contributed by atoms with Gasteiger partial charge in [0.25, 0.3) is 0 Å². The van der Waals surface area contributed by atoms with Crippen LogP contribution in [0.25, 0.3) is 0 Å². The first-order chi connectivity index (χ1) is 7.25. The van der Waals surface area contributed by atoms with Crippen LogP contribution in [0.5, 0.6) is 0 Å². The molecule has 0 bridgehead atoms. The highest BCUT2D eigenvalue weighted by molar-refractivity contribution is 6.30. The smallest absolute Gasteiger partial charge is 0.0406 e. The van der Waals surface area contributed by atoms with Crippen LogP contribution in [0.15, 0.2) is 24.3 Å². The van der Waals surface area contributed by atoms with Crippen LogP contribution >= 0.6 is 11.6 Å². The van der Waals surface area contributed by atoms with Gasteiger partial charge in [0.15, 0.2) is 0 Å². The summed E-state index contributed by atoms with van der Waals surface area (Å²) in [6.07, 6.45) is 2.87.